The third-order valence-corrected chi connectivity index (χ3v) is 5.43. The van der Waals surface area contributed by atoms with E-state index in [1.54, 1.807) is 12.1 Å². The average molecular weight is 312 g/mol. The van der Waals surface area contributed by atoms with Crippen LogP contribution in [0.5, 0.6) is 0 Å². The van der Waals surface area contributed by atoms with Crippen LogP contribution in [0.3, 0.4) is 0 Å². The van der Waals surface area contributed by atoms with Crippen molar-refractivity contribution in [3.8, 4) is 0 Å². The maximum atomic E-state index is 12.5. The Kier molecular flexibility index (Phi) is 6.38. The molecule has 0 bridgehead atoms. The molecular weight excluding hydrogens is 284 g/mol. The van der Waals surface area contributed by atoms with Crippen molar-refractivity contribution in [2.24, 2.45) is 5.92 Å². The lowest BCUT2D eigenvalue weighted by molar-refractivity contribution is 0.476. The molecule has 0 saturated heterocycles. The summed E-state index contributed by atoms with van der Waals surface area (Å²) in [6.45, 7) is 12.6. The molecule has 1 rings (SSSR count). The smallest absolute Gasteiger partial charge is 0.241 e. The van der Waals surface area contributed by atoms with Crippen LogP contribution in [0.15, 0.2) is 23.1 Å². The summed E-state index contributed by atoms with van der Waals surface area (Å²) >= 11 is 0. The number of sulfonamides is 1. The van der Waals surface area contributed by atoms with E-state index in [0.717, 1.165) is 11.1 Å². The largest absolute Gasteiger partial charge is 0.310 e. The second kappa shape index (κ2) is 7.38. The first kappa shape index (κ1) is 18.1. The van der Waals surface area contributed by atoms with Crippen molar-refractivity contribution >= 4 is 10.0 Å². The van der Waals surface area contributed by atoms with Gasteiger partial charge in [0.25, 0.3) is 0 Å². The van der Waals surface area contributed by atoms with Crippen LogP contribution in [0, 0.1) is 12.8 Å². The molecule has 0 radical (unpaired) electrons. The lowest BCUT2D eigenvalue weighted by atomic mass is 10.1. The zero-order valence-corrected chi connectivity index (χ0v) is 14.7. The Balaban J connectivity index is 3.05. The van der Waals surface area contributed by atoms with Gasteiger partial charge in [0, 0.05) is 18.6 Å². The van der Waals surface area contributed by atoms with Gasteiger partial charge in [-0.15, -0.1) is 0 Å². The molecule has 4 nitrogen and oxygen atoms in total. The summed E-state index contributed by atoms with van der Waals surface area (Å²) in [5.41, 5.74) is 1.83. The second-order valence-corrected chi connectivity index (χ2v) is 7.91. The number of hydrogen-bond acceptors (Lipinski definition) is 3. The Labute approximate surface area is 129 Å². The molecule has 1 unspecified atom stereocenters. The standard InChI is InChI=1S/C16H28N2O2S/c1-11(2)14(6)18-21(19,20)16-9-7-8-15(13(16)5)10-17-12(3)4/h7-9,11-12,14,17-18H,10H2,1-6H3. The highest BCUT2D eigenvalue weighted by Crippen LogP contribution is 2.20. The van der Waals surface area contributed by atoms with Gasteiger partial charge < -0.3 is 5.32 Å². The first-order valence-electron chi connectivity index (χ1n) is 7.49. The summed E-state index contributed by atoms with van der Waals surface area (Å²) in [6.07, 6.45) is 0. The van der Waals surface area contributed by atoms with Gasteiger partial charge in [-0.25, -0.2) is 13.1 Å². The zero-order chi connectivity index (χ0) is 16.2. The Morgan fingerprint density at radius 3 is 2.24 bits per heavy atom. The minimum atomic E-state index is -3.47. The highest BCUT2D eigenvalue weighted by Gasteiger charge is 2.21. The normalized spacial score (nSPS) is 13.9. The Morgan fingerprint density at radius 2 is 1.71 bits per heavy atom. The van der Waals surface area contributed by atoms with Gasteiger partial charge in [-0.05, 0) is 37.0 Å². The fourth-order valence-electron chi connectivity index (χ4n) is 1.90. The lowest BCUT2D eigenvalue weighted by Crippen LogP contribution is -2.36. The molecule has 1 aromatic carbocycles. The number of benzene rings is 1. The van der Waals surface area contributed by atoms with E-state index in [2.05, 4.69) is 23.9 Å². The molecular formula is C16H28N2O2S. The molecule has 0 fully saturated rings. The number of rotatable bonds is 7. The summed E-state index contributed by atoms with van der Waals surface area (Å²) in [4.78, 5) is 0.373. The van der Waals surface area contributed by atoms with Crippen molar-refractivity contribution in [2.75, 3.05) is 0 Å². The minimum Gasteiger partial charge on any atom is -0.310 e. The van der Waals surface area contributed by atoms with Crippen molar-refractivity contribution in [3.05, 3.63) is 29.3 Å². The Bertz CT molecular complexity index is 566. The minimum absolute atomic E-state index is 0.0909. The van der Waals surface area contributed by atoms with Gasteiger partial charge in [0.2, 0.25) is 10.0 Å². The van der Waals surface area contributed by atoms with Crippen LogP contribution in [0.4, 0.5) is 0 Å². The predicted molar refractivity (Wildman–Crippen MR) is 87.8 cm³/mol. The summed E-state index contributed by atoms with van der Waals surface area (Å²) in [5, 5.41) is 3.33. The van der Waals surface area contributed by atoms with E-state index in [1.807, 2.05) is 33.8 Å². The maximum Gasteiger partial charge on any atom is 0.241 e. The fraction of sp³-hybridized carbons (Fsp3) is 0.625. The van der Waals surface area contributed by atoms with E-state index in [4.69, 9.17) is 0 Å². The summed E-state index contributed by atoms with van der Waals surface area (Å²) < 4.78 is 27.8. The third kappa shape index (κ3) is 5.09. The molecule has 0 heterocycles. The molecule has 21 heavy (non-hydrogen) atoms. The van der Waals surface area contributed by atoms with E-state index in [9.17, 15) is 8.42 Å². The maximum absolute atomic E-state index is 12.5. The summed E-state index contributed by atoms with van der Waals surface area (Å²) in [6, 6.07) is 5.72. The van der Waals surface area contributed by atoms with Crippen molar-refractivity contribution in [1.29, 1.82) is 0 Å². The SMILES string of the molecule is Cc1c(CNC(C)C)cccc1S(=O)(=O)NC(C)C(C)C. The fourth-order valence-corrected chi connectivity index (χ4v) is 3.58. The predicted octanol–water partition coefficient (Wildman–Crippen LogP) is 2.82. The first-order valence-corrected chi connectivity index (χ1v) is 8.97. The molecule has 0 aliphatic rings. The van der Waals surface area contributed by atoms with Gasteiger partial charge in [-0.2, -0.15) is 0 Å². The average Bonchev–Trinajstić information content (AvgIpc) is 2.36. The van der Waals surface area contributed by atoms with E-state index < -0.39 is 10.0 Å². The van der Waals surface area contributed by atoms with Crippen molar-refractivity contribution in [1.82, 2.24) is 10.0 Å². The lowest BCUT2D eigenvalue weighted by Gasteiger charge is -2.19. The van der Waals surface area contributed by atoms with Crippen molar-refractivity contribution in [3.63, 3.8) is 0 Å². The molecule has 0 spiro atoms. The van der Waals surface area contributed by atoms with Crippen LogP contribution < -0.4 is 10.0 Å². The van der Waals surface area contributed by atoms with Gasteiger partial charge in [-0.3, -0.25) is 0 Å². The van der Waals surface area contributed by atoms with E-state index in [0.29, 0.717) is 17.5 Å². The van der Waals surface area contributed by atoms with Crippen molar-refractivity contribution in [2.45, 2.75) is 65.1 Å². The zero-order valence-electron chi connectivity index (χ0n) is 13.9. The Hall–Kier alpha value is -0.910. The number of nitrogens with one attached hydrogen (secondary N) is 2. The molecule has 0 aliphatic heterocycles. The topological polar surface area (TPSA) is 58.2 Å². The molecule has 5 heteroatoms. The van der Waals surface area contributed by atoms with Gasteiger partial charge in [0.1, 0.15) is 0 Å². The highest BCUT2D eigenvalue weighted by atomic mass is 32.2. The van der Waals surface area contributed by atoms with E-state index in [1.165, 1.54) is 0 Å². The molecule has 120 valence electrons. The van der Waals surface area contributed by atoms with E-state index in [-0.39, 0.29) is 12.0 Å². The quantitative estimate of drug-likeness (QED) is 0.814. The van der Waals surface area contributed by atoms with Crippen LogP contribution in [0.2, 0.25) is 0 Å². The molecule has 1 atom stereocenters. The monoisotopic (exact) mass is 312 g/mol. The molecule has 1 aromatic rings. The molecule has 0 aliphatic carbocycles. The molecule has 0 amide bonds. The Morgan fingerprint density at radius 1 is 1.10 bits per heavy atom. The molecule has 0 aromatic heterocycles. The van der Waals surface area contributed by atoms with Crippen LogP contribution in [-0.4, -0.2) is 20.5 Å². The molecule has 2 N–H and O–H groups in total. The van der Waals surface area contributed by atoms with Crippen molar-refractivity contribution < 1.29 is 8.42 Å². The van der Waals surface area contributed by atoms with Gasteiger partial charge >= 0.3 is 0 Å². The van der Waals surface area contributed by atoms with Crippen LogP contribution >= 0.6 is 0 Å². The number of hydrogen-bond donors (Lipinski definition) is 2. The van der Waals surface area contributed by atoms with Crippen LogP contribution in [0.25, 0.3) is 0 Å². The second-order valence-electron chi connectivity index (χ2n) is 6.23. The van der Waals surface area contributed by atoms with Gasteiger partial charge in [0.05, 0.1) is 4.90 Å². The van der Waals surface area contributed by atoms with E-state index >= 15 is 0 Å². The van der Waals surface area contributed by atoms with Crippen LogP contribution in [0.1, 0.15) is 45.7 Å². The van der Waals surface area contributed by atoms with Gasteiger partial charge in [0.15, 0.2) is 0 Å². The summed E-state index contributed by atoms with van der Waals surface area (Å²) in [7, 11) is -3.47. The molecule has 0 saturated carbocycles. The van der Waals surface area contributed by atoms with Crippen LogP contribution in [-0.2, 0) is 16.6 Å². The first-order chi connectivity index (χ1) is 9.65. The third-order valence-electron chi connectivity index (χ3n) is 3.73. The summed E-state index contributed by atoms with van der Waals surface area (Å²) in [5.74, 6) is 0.255. The van der Waals surface area contributed by atoms with Gasteiger partial charge in [-0.1, -0.05) is 39.8 Å². The highest BCUT2D eigenvalue weighted by molar-refractivity contribution is 7.89.